The molecule has 0 aliphatic rings. The first-order valence-electron chi connectivity index (χ1n) is 5.14. The molecule has 2 N–H and O–H groups in total. The first kappa shape index (κ1) is 11.7. The van der Waals surface area contributed by atoms with Gasteiger partial charge in [0.1, 0.15) is 4.88 Å². The summed E-state index contributed by atoms with van der Waals surface area (Å²) in [6.07, 6.45) is 3.64. The minimum absolute atomic E-state index is 0.0543. The van der Waals surface area contributed by atoms with Gasteiger partial charge < -0.3 is 10.6 Å². The maximum absolute atomic E-state index is 12.1. The van der Waals surface area contributed by atoms with Gasteiger partial charge in [-0.2, -0.15) is 5.10 Å². The summed E-state index contributed by atoms with van der Waals surface area (Å²) in [5.74, 6) is -0.0543. The molecule has 6 heteroatoms. The zero-order chi connectivity index (χ0) is 12.4. The summed E-state index contributed by atoms with van der Waals surface area (Å²) in [5.41, 5.74) is 7.26. The molecule has 2 heterocycles. The maximum atomic E-state index is 12.1. The number of carbonyl (C=O) groups excluding carboxylic acids is 1. The quantitative estimate of drug-likeness (QED) is 0.894. The minimum atomic E-state index is -0.0543. The van der Waals surface area contributed by atoms with Crippen LogP contribution in [0.25, 0.3) is 0 Å². The van der Waals surface area contributed by atoms with Crippen LogP contribution in [0, 0.1) is 0 Å². The molecule has 0 fully saturated rings. The van der Waals surface area contributed by atoms with Crippen LogP contribution in [0.2, 0.25) is 0 Å². The smallest absolute Gasteiger partial charge is 0.266 e. The number of aryl methyl sites for hydroxylation is 1. The van der Waals surface area contributed by atoms with Gasteiger partial charge in [0.05, 0.1) is 11.9 Å². The van der Waals surface area contributed by atoms with Crippen molar-refractivity contribution < 1.29 is 4.79 Å². The number of amides is 1. The van der Waals surface area contributed by atoms with E-state index in [-0.39, 0.29) is 5.91 Å². The van der Waals surface area contributed by atoms with E-state index in [9.17, 15) is 4.79 Å². The number of carbonyl (C=O) groups is 1. The molecule has 1 amide bonds. The number of anilines is 1. The fraction of sp³-hybridized carbons (Fsp3) is 0.273. The zero-order valence-electron chi connectivity index (χ0n) is 9.75. The van der Waals surface area contributed by atoms with Crippen molar-refractivity contribution in [3.8, 4) is 0 Å². The van der Waals surface area contributed by atoms with Gasteiger partial charge in [-0.1, -0.05) is 0 Å². The Morgan fingerprint density at radius 3 is 2.94 bits per heavy atom. The van der Waals surface area contributed by atoms with Crippen molar-refractivity contribution >= 4 is 22.9 Å². The summed E-state index contributed by atoms with van der Waals surface area (Å²) in [5, 5.41) is 5.89. The molecule has 2 aromatic rings. The van der Waals surface area contributed by atoms with E-state index in [0.29, 0.717) is 17.1 Å². The number of thiophene rings is 1. The highest BCUT2D eigenvalue weighted by atomic mass is 32.1. The molecule has 0 bridgehead atoms. The van der Waals surface area contributed by atoms with Crippen molar-refractivity contribution in [2.24, 2.45) is 7.05 Å². The number of hydrogen-bond acceptors (Lipinski definition) is 4. The number of nitrogens with two attached hydrogens (primary N) is 1. The summed E-state index contributed by atoms with van der Waals surface area (Å²) in [6, 6.07) is 1.75. The second-order valence-corrected chi connectivity index (χ2v) is 4.80. The predicted molar refractivity (Wildman–Crippen MR) is 67.7 cm³/mol. The monoisotopic (exact) mass is 250 g/mol. The molecular weight excluding hydrogens is 236 g/mol. The van der Waals surface area contributed by atoms with Crippen LogP contribution in [0.3, 0.4) is 0 Å². The third kappa shape index (κ3) is 2.47. The van der Waals surface area contributed by atoms with Gasteiger partial charge in [-0.25, -0.2) is 0 Å². The molecule has 0 saturated carbocycles. The first-order valence-corrected chi connectivity index (χ1v) is 6.02. The number of nitrogens with zero attached hydrogens (tertiary/aromatic N) is 3. The minimum Gasteiger partial charge on any atom is -0.397 e. The Morgan fingerprint density at radius 1 is 1.65 bits per heavy atom. The molecule has 90 valence electrons. The van der Waals surface area contributed by atoms with Crippen molar-refractivity contribution in [1.29, 1.82) is 0 Å². The largest absolute Gasteiger partial charge is 0.397 e. The van der Waals surface area contributed by atoms with Crippen molar-refractivity contribution in [3.63, 3.8) is 0 Å². The lowest BCUT2D eigenvalue weighted by atomic mass is 10.3. The van der Waals surface area contributed by atoms with Gasteiger partial charge in [0.25, 0.3) is 5.91 Å². The fourth-order valence-corrected chi connectivity index (χ4v) is 2.38. The Labute approximate surface area is 103 Å². The van der Waals surface area contributed by atoms with Crippen molar-refractivity contribution in [2.45, 2.75) is 6.54 Å². The van der Waals surface area contributed by atoms with Crippen LogP contribution in [0.1, 0.15) is 15.2 Å². The lowest BCUT2D eigenvalue weighted by Gasteiger charge is -2.15. The predicted octanol–water partition coefficient (Wildman–Crippen LogP) is 1.34. The SMILES string of the molecule is CN(Cc1cnn(C)c1)C(=O)c1sccc1N. The molecule has 5 nitrogen and oxygen atoms in total. The lowest BCUT2D eigenvalue weighted by Crippen LogP contribution is -2.25. The van der Waals surface area contributed by atoms with E-state index in [2.05, 4.69) is 5.10 Å². The molecule has 0 aliphatic heterocycles. The molecular formula is C11H14N4OS. The van der Waals surface area contributed by atoms with Crippen molar-refractivity contribution in [3.05, 3.63) is 34.3 Å². The molecule has 0 radical (unpaired) electrons. The van der Waals surface area contributed by atoms with E-state index in [0.717, 1.165) is 5.56 Å². The second-order valence-electron chi connectivity index (χ2n) is 3.89. The van der Waals surface area contributed by atoms with Gasteiger partial charge in [-0.15, -0.1) is 11.3 Å². The van der Waals surface area contributed by atoms with Crippen LogP contribution < -0.4 is 5.73 Å². The van der Waals surface area contributed by atoms with E-state index in [1.165, 1.54) is 11.3 Å². The summed E-state index contributed by atoms with van der Waals surface area (Å²) < 4.78 is 1.72. The topological polar surface area (TPSA) is 64.2 Å². The average Bonchev–Trinajstić information content (AvgIpc) is 2.86. The molecule has 0 unspecified atom stereocenters. The number of nitrogen functional groups attached to an aromatic ring is 1. The Hall–Kier alpha value is -1.82. The Kier molecular flexibility index (Phi) is 3.14. The zero-order valence-corrected chi connectivity index (χ0v) is 10.6. The molecule has 17 heavy (non-hydrogen) atoms. The standard InChI is InChI=1S/C11H14N4OS/c1-14(6-8-5-13-15(2)7-8)11(16)10-9(12)3-4-17-10/h3-5,7H,6,12H2,1-2H3. The highest BCUT2D eigenvalue weighted by Crippen LogP contribution is 2.20. The fourth-order valence-electron chi connectivity index (χ4n) is 1.57. The maximum Gasteiger partial charge on any atom is 0.266 e. The summed E-state index contributed by atoms with van der Waals surface area (Å²) >= 11 is 1.36. The number of aromatic nitrogens is 2. The molecule has 2 rings (SSSR count). The van der Waals surface area contributed by atoms with Crippen LogP contribution in [0.15, 0.2) is 23.8 Å². The van der Waals surface area contributed by atoms with E-state index in [1.807, 2.05) is 18.6 Å². The van der Waals surface area contributed by atoms with E-state index < -0.39 is 0 Å². The molecule has 0 aromatic carbocycles. The normalized spacial score (nSPS) is 10.5. The van der Waals surface area contributed by atoms with E-state index >= 15 is 0 Å². The Morgan fingerprint density at radius 2 is 2.41 bits per heavy atom. The van der Waals surface area contributed by atoms with Gasteiger partial charge in [-0.3, -0.25) is 9.48 Å². The molecule has 0 saturated heterocycles. The Balaban J connectivity index is 2.08. The van der Waals surface area contributed by atoms with Gasteiger partial charge in [-0.05, 0) is 11.4 Å². The molecule has 0 atom stereocenters. The van der Waals surface area contributed by atoms with Crippen molar-refractivity contribution in [2.75, 3.05) is 12.8 Å². The van der Waals surface area contributed by atoms with Crippen molar-refractivity contribution in [1.82, 2.24) is 14.7 Å². The van der Waals surface area contributed by atoms with E-state index in [1.54, 1.807) is 28.9 Å². The lowest BCUT2D eigenvalue weighted by molar-refractivity contribution is 0.0791. The first-order chi connectivity index (χ1) is 8.08. The highest BCUT2D eigenvalue weighted by Gasteiger charge is 2.16. The van der Waals surface area contributed by atoms with Crippen LogP contribution in [0.4, 0.5) is 5.69 Å². The molecule has 0 spiro atoms. The second kappa shape index (κ2) is 4.58. The van der Waals surface area contributed by atoms with Crippen LogP contribution in [-0.2, 0) is 13.6 Å². The molecule has 2 aromatic heterocycles. The van der Waals surface area contributed by atoms with Crippen LogP contribution >= 0.6 is 11.3 Å². The third-order valence-corrected chi connectivity index (χ3v) is 3.33. The number of hydrogen-bond donors (Lipinski definition) is 1. The van der Waals surface area contributed by atoms with Gasteiger partial charge in [0.15, 0.2) is 0 Å². The highest BCUT2D eigenvalue weighted by molar-refractivity contribution is 7.12. The summed E-state index contributed by atoms with van der Waals surface area (Å²) in [4.78, 5) is 14.3. The molecule has 0 aliphatic carbocycles. The third-order valence-electron chi connectivity index (χ3n) is 2.41. The average molecular weight is 250 g/mol. The van der Waals surface area contributed by atoms with E-state index in [4.69, 9.17) is 5.73 Å². The summed E-state index contributed by atoms with van der Waals surface area (Å²) in [6.45, 7) is 0.532. The van der Waals surface area contributed by atoms with Gasteiger partial charge >= 0.3 is 0 Å². The van der Waals surface area contributed by atoms with Crippen LogP contribution in [-0.4, -0.2) is 27.6 Å². The van der Waals surface area contributed by atoms with Crippen LogP contribution in [0.5, 0.6) is 0 Å². The number of rotatable bonds is 3. The summed E-state index contributed by atoms with van der Waals surface area (Å²) in [7, 11) is 3.61. The van der Waals surface area contributed by atoms with Gasteiger partial charge in [0, 0.05) is 32.4 Å². The van der Waals surface area contributed by atoms with Gasteiger partial charge in [0.2, 0.25) is 0 Å². The Bertz CT molecular complexity index is 531.